The number of halogens is 6. The lowest BCUT2D eigenvalue weighted by atomic mass is 9.92. The highest BCUT2D eigenvalue weighted by Gasteiger charge is 2.54. The van der Waals surface area contributed by atoms with E-state index in [-0.39, 0.29) is 36.7 Å². The number of carbonyl (C=O) groups excluding carboxylic acids is 3. The number of ether oxygens (including phenoxy) is 3. The standard InChI is InChI=1S/C30H28F6N6O6/c31-29(32,33)16-11-18(14-38-13-16)42-26(48-27(44)30(34,35)36)25(43)41(28(42)45)17-1-3-19(4-2-17)47-24-22-6-5-21(12-23(22)39-15-40-24)46-20-7-9-37-10-8-20/h5-6,11-15,17,19-20,26,37H,1-4,7-10H2. The Balaban J connectivity index is 1.16. The highest BCUT2D eigenvalue weighted by molar-refractivity contribution is 6.14. The van der Waals surface area contributed by atoms with Gasteiger partial charge in [0.1, 0.15) is 24.3 Å². The molecule has 18 heteroatoms. The highest BCUT2D eigenvalue weighted by atomic mass is 19.4. The molecule has 256 valence electrons. The molecular weight excluding hydrogens is 654 g/mol. The Morgan fingerprint density at radius 2 is 1.56 bits per heavy atom. The summed E-state index contributed by atoms with van der Waals surface area (Å²) >= 11 is 0. The molecule has 3 aromatic rings. The fourth-order valence-corrected chi connectivity index (χ4v) is 5.97. The van der Waals surface area contributed by atoms with Crippen LogP contribution in [0.5, 0.6) is 11.6 Å². The largest absolute Gasteiger partial charge is 0.491 e. The Kier molecular flexibility index (Phi) is 9.02. The number of imide groups is 1. The summed E-state index contributed by atoms with van der Waals surface area (Å²) in [6.07, 6.45) is -8.19. The number of amides is 3. The average Bonchev–Trinajstić information content (AvgIpc) is 3.29. The number of hydrogen-bond donors (Lipinski definition) is 1. The van der Waals surface area contributed by atoms with Crippen LogP contribution in [-0.2, 0) is 20.5 Å². The highest BCUT2D eigenvalue weighted by Crippen LogP contribution is 2.37. The van der Waals surface area contributed by atoms with E-state index in [1.165, 1.54) is 6.33 Å². The number of esters is 1. The summed E-state index contributed by atoms with van der Waals surface area (Å²) in [5, 5.41) is 3.91. The molecular formula is C30H28F6N6O6. The normalized spacial score (nSPS) is 22.7. The first-order valence-electron chi connectivity index (χ1n) is 15.0. The second-order valence-corrected chi connectivity index (χ2v) is 11.5. The molecule has 1 N–H and O–H groups in total. The van der Waals surface area contributed by atoms with Crippen LogP contribution in [0.3, 0.4) is 0 Å². The Hall–Kier alpha value is -4.74. The Bertz CT molecular complexity index is 1690. The topological polar surface area (TPSA) is 136 Å². The van der Waals surface area contributed by atoms with Gasteiger partial charge in [0.2, 0.25) is 5.88 Å². The Morgan fingerprint density at radius 1 is 0.854 bits per heavy atom. The van der Waals surface area contributed by atoms with Crippen molar-refractivity contribution in [2.75, 3.05) is 18.0 Å². The van der Waals surface area contributed by atoms with Gasteiger partial charge in [-0.25, -0.2) is 24.5 Å². The summed E-state index contributed by atoms with van der Waals surface area (Å²) < 4.78 is 95.9. The summed E-state index contributed by atoms with van der Waals surface area (Å²) in [5.41, 5.74) is -1.42. The predicted molar refractivity (Wildman–Crippen MR) is 153 cm³/mol. The lowest BCUT2D eigenvalue weighted by molar-refractivity contribution is -0.204. The van der Waals surface area contributed by atoms with Crippen molar-refractivity contribution in [1.29, 1.82) is 0 Å². The number of benzene rings is 1. The molecule has 3 amide bonds. The minimum atomic E-state index is -5.54. The number of alkyl halides is 6. The van der Waals surface area contributed by atoms with Crippen LogP contribution in [0.25, 0.3) is 10.9 Å². The number of pyridine rings is 1. The van der Waals surface area contributed by atoms with Gasteiger partial charge in [-0.2, -0.15) is 26.3 Å². The molecule has 2 aliphatic heterocycles. The first kappa shape index (κ1) is 33.2. The van der Waals surface area contributed by atoms with Crippen molar-refractivity contribution >= 4 is 34.5 Å². The van der Waals surface area contributed by atoms with Crippen LogP contribution in [0.1, 0.15) is 44.1 Å². The zero-order valence-corrected chi connectivity index (χ0v) is 25.0. The number of piperidine rings is 1. The van der Waals surface area contributed by atoms with Gasteiger partial charge >= 0.3 is 24.4 Å². The van der Waals surface area contributed by atoms with Gasteiger partial charge in [-0.3, -0.25) is 14.7 Å². The monoisotopic (exact) mass is 682 g/mol. The van der Waals surface area contributed by atoms with E-state index in [1.54, 1.807) is 18.2 Å². The first-order chi connectivity index (χ1) is 22.8. The predicted octanol–water partition coefficient (Wildman–Crippen LogP) is 4.76. The van der Waals surface area contributed by atoms with E-state index in [0.29, 0.717) is 39.7 Å². The molecule has 3 fully saturated rings. The van der Waals surface area contributed by atoms with Gasteiger partial charge in [0, 0.05) is 18.3 Å². The van der Waals surface area contributed by atoms with E-state index in [9.17, 15) is 40.7 Å². The second-order valence-electron chi connectivity index (χ2n) is 11.5. The number of nitrogens with one attached hydrogen (secondary N) is 1. The van der Waals surface area contributed by atoms with Crippen LogP contribution < -0.4 is 19.7 Å². The minimum absolute atomic E-state index is 0.0894. The number of anilines is 1. The fourth-order valence-electron chi connectivity index (χ4n) is 5.97. The molecule has 2 aromatic heterocycles. The number of fused-ring (bicyclic) bond motifs is 1. The smallest absolute Gasteiger partial charge is 0.490 e. The molecule has 1 saturated carbocycles. The van der Waals surface area contributed by atoms with Crippen molar-refractivity contribution in [2.45, 2.75) is 75.4 Å². The third-order valence-corrected chi connectivity index (χ3v) is 8.32. The SMILES string of the molecule is O=C1C(OC(=O)C(F)(F)F)N(c2cncc(C(F)(F)F)c2)C(=O)N1C1CCC(Oc2ncnc3cc(OC4CCNCC4)ccc23)CC1. The van der Waals surface area contributed by atoms with Gasteiger partial charge in [-0.1, -0.05) is 0 Å². The third kappa shape index (κ3) is 6.93. The van der Waals surface area contributed by atoms with E-state index >= 15 is 0 Å². The second kappa shape index (κ2) is 13.0. The van der Waals surface area contributed by atoms with Gasteiger partial charge in [0.25, 0.3) is 12.1 Å². The number of hydrogen-bond acceptors (Lipinski definition) is 10. The lowest BCUT2D eigenvalue weighted by Gasteiger charge is -2.33. The quantitative estimate of drug-likeness (QED) is 0.211. The average molecular weight is 683 g/mol. The van der Waals surface area contributed by atoms with E-state index in [1.807, 2.05) is 0 Å². The maximum absolute atomic E-state index is 13.5. The molecule has 3 aliphatic rings. The van der Waals surface area contributed by atoms with Gasteiger partial charge in [-0.15, -0.1) is 0 Å². The van der Waals surface area contributed by atoms with Crippen molar-refractivity contribution in [2.24, 2.45) is 0 Å². The summed E-state index contributed by atoms with van der Waals surface area (Å²) in [4.78, 5) is 51.4. The van der Waals surface area contributed by atoms with Gasteiger partial charge < -0.3 is 19.5 Å². The van der Waals surface area contributed by atoms with E-state index in [2.05, 4.69) is 25.0 Å². The number of aromatic nitrogens is 3. The van der Waals surface area contributed by atoms with Crippen LogP contribution in [0.15, 0.2) is 43.0 Å². The van der Waals surface area contributed by atoms with Crippen LogP contribution in [0, 0.1) is 0 Å². The van der Waals surface area contributed by atoms with Crippen molar-refractivity contribution < 1.29 is 54.9 Å². The number of rotatable bonds is 7. The summed E-state index contributed by atoms with van der Waals surface area (Å²) in [5.74, 6) is -3.16. The van der Waals surface area contributed by atoms with Gasteiger partial charge in [0.15, 0.2) is 0 Å². The lowest BCUT2D eigenvalue weighted by Crippen LogP contribution is -2.44. The van der Waals surface area contributed by atoms with Crippen molar-refractivity contribution in [3.8, 4) is 11.6 Å². The van der Waals surface area contributed by atoms with Gasteiger partial charge in [-0.05, 0) is 69.8 Å². The summed E-state index contributed by atoms with van der Waals surface area (Å²) in [7, 11) is 0. The summed E-state index contributed by atoms with van der Waals surface area (Å²) in [6.45, 7) is 1.75. The molecule has 0 spiro atoms. The molecule has 1 aromatic carbocycles. The summed E-state index contributed by atoms with van der Waals surface area (Å²) in [6, 6.07) is 3.67. The van der Waals surface area contributed by atoms with Crippen molar-refractivity contribution in [1.82, 2.24) is 25.2 Å². The minimum Gasteiger partial charge on any atom is -0.490 e. The molecule has 1 atom stereocenters. The maximum Gasteiger partial charge on any atom is 0.491 e. The zero-order valence-electron chi connectivity index (χ0n) is 25.0. The molecule has 6 rings (SSSR count). The van der Waals surface area contributed by atoms with Crippen molar-refractivity contribution in [3.63, 3.8) is 0 Å². The first-order valence-corrected chi connectivity index (χ1v) is 15.0. The molecule has 48 heavy (non-hydrogen) atoms. The molecule has 2 saturated heterocycles. The van der Waals surface area contributed by atoms with Crippen LogP contribution in [0.4, 0.5) is 36.8 Å². The van der Waals surface area contributed by atoms with E-state index in [0.717, 1.165) is 32.1 Å². The van der Waals surface area contributed by atoms with Gasteiger partial charge in [0.05, 0.1) is 28.4 Å². The zero-order chi connectivity index (χ0) is 34.2. The molecule has 1 unspecified atom stereocenters. The number of carbonyl (C=O) groups is 3. The van der Waals surface area contributed by atoms with E-state index in [4.69, 9.17) is 9.47 Å². The molecule has 0 radical (unpaired) electrons. The van der Waals surface area contributed by atoms with Crippen LogP contribution in [-0.4, -0.2) is 81.5 Å². The molecule has 1 aliphatic carbocycles. The maximum atomic E-state index is 13.5. The van der Waals surface area contributed by atoms with Crippen LogP contribution >= 0.6 is 0 Å². The van der Waals surface area contributed by atoms with Crippen LogP contribution in [0.2, 0.25) is 0 Å². The molecule has 4 heterocycles. The molecule has 0 bridgehead atoms. The van der Waals surface area contributed by atoms with Crippen molar-refractivity contribution in [3.05, 3.63) is 48.5 Å². The Labute approximate surface area is 268 Å². The Morgan fingerprint density at radius 3 is 2.25 bits per heavy atom. The fraction of sp³-hybridized carbons (Fsp3) is 0.467. The number of nitrogens with zero attached hydrogens (tertiary/aromatic N) is 5. The molecule has 12 nitrogen and oxygen atoms in total. The number of urea groups is 1. The van der Waals surface area contributed by atoms with E-state index < -0.39 is 59.9 Å². The third-order valence-electron chi connectivity index (χ3n) is 8.32.